The van der Waals surface area contributed by atoms with Crippen molar-refractivity contribution in [1.29, 1.82) is 0 Å². The van der Waals surface area contributed by atoms with Crippen LogP contribution in [0.2, 0.25) is 0 Å². The Morgan fingerprint density at radius 1 is 1.10 bits per heavy atom. The molecule has 0 bridgehead atoms. The summed E-state index contributed by atoms with van der Waals surface area (Å²) in [6.45, 7) is 2.18. The number of fused-ring (bicyclic) bond motifs is 1. The molecular weight excluding hydrogens is 330 g/mol. The van der Waals surface area contributed by atoms with Gasteiger partial charge in [-0.25, -0.2) is 4.98 Å². The zero-order valence-corrected chi connectivity index (χ0v) is 13.7. The van der Waals surface area contributed by atoms with Crippen molar-refractivity contribution in [1.82, 2.24) is 4.98 Å². The molecule has 0 fully saturated rings. The van der Waals surface area contributed by atoms with Gasteiger partial charge in [0.05, 0.1) is 15.2 Å². The fraction of sp³-hybridized carbons (Fsp3) is 0.235. The number of aromatic nitrogens is 1. The largest absolute Gasteiger partial charge is 0.241 e. The maximum atomic E-state index is 4.70. The summed E-state index contributed by atoms with van der Waals surface area (Å²) in [6, 6.07) is 17.2. The Morgan fingerprint density at radius 3 is 2.55 bits per heavy atom. The Morgan fingerprint density at radius 2 is 1.85 bits per heavy atom. The second-order valence-corrected chi connectivity index (χ2v) is 7.06. The number of alkyl halides is 1. The zero-order chi connectivity index (χ0) is 13.9. The predicted octanol–water partition coefficient (Wildman–Crippen LogP) is 5.54. The molecule has 20 heavy (non-hydrogen) atoms. The minimum Gasteiger partial charge on any atom is -0.241 e. The Kier molecular flexibility index (Phi) is 4.18. The molecule has 3 aromatic rings. The summed E-state index contributed by atoms with van der Waals surface area (Å²) in [4.78, 5) is 5.03. The van der Waals surface area contributed by atoms with Crippen LogP contribution in [0.4, 0.5) is 0 Å². The van der Waals surface area contributed by atoms with Crippen molar-refractivity contribution in [3.05, 3.63) is 64.7 Å². The van der Waals surface area contributed by atoms with E-state index in [-0.39, 0.29) is 0 Å². The highest BCUT2D eigenvalue weighted by molar-refractivity contribution is 9.09. The van der Waals surface area contributed by atoms with Crippen LogP contribution >= 0.6 is 27.3 Å². The summed E-state index contributed by atoms with van der Waals surface area (Å²) in [5.41, 5.74) is 3.81. The molecule has 0 aliphatic carbocycles. The summed E-state index contributed by atoms with van der Waals surface area (Å²) in [6.07, 6.45) is 2.02. The maximum Gasteiger partial charge on any atom is 0.0953 e. The number of benzene rings is 2. The van der Waals surface area contributed by atoms with Gasteiger partial charge in [0.25, 0.3) is 0 Å². The molecule has 1 unspecified atom stereocenters. The zero-order valence-electron chi connectivity index (χ0n) is 11.3. The van der Waals surface area contributed by atoms with Crippen LogP contribution in [-0.2, 0) is 12.8 Å². The van der Waals surface area contributed by atoms with E-state index in [1.807, 2.05) is 6.07 Å². The van der Waals surface area contributed by atoms with Gasteiger partial charge >= 0.3 is 0 Å². The van der Waals surface area contributed by atoms with Gasteiger partial charge in [-0.1, -0.05) is 59.3 Å². The number of rotatable bonds is 4. The average Bonchev–Trinajstić information content (AvgIpc) is 2.89. The van der Waals surface area contributed by atoms with Crippen molar-refractivity contribution in [3.63, 3.8) is 0 Å². The van der Waals surface area contributed by atoms with Gasteiger partial charge in [-0.05, 0) is 29.7 Å². The van der Waals surface area contributed by atoms with Crippen LogP contribution in [0.15, 0.2) is 48.5 Å². The Hall–Kier alpha value is -1.19. The van der Waals surface area contributed by atoms with Crippen molar-refractivity contribution in [2.75, 3.05) is 0 Å². The van der Waals surface area contributed by atoms with E-state index in [1.165, 1.54) is 20.8 Å². The van der Waals surface area contributed by atoms with Crippen molar-refractivity contribution in [2.24, 2.45) is 0 Å². The fourth-order valence-corrected chi connectivity index (χ4v) is 4.08. The number of aryl methyl sites for hydroxylation is 1. The van der Waals surface area contributed by atoms with Crippen LogP contribution < -0.4 is 0 Å². The highest BCUT2D eigenvalue weighted by Gasteiger charge is 2.12. The van der Waals surface area contributed by atoms with Crippen LogP contribution in [0.5, 0.6) is 0 Å². The van der Waals surface area contributed by atoms with Gasteiger partial charge in [0.1, 0.15) is 0 Å². The second-order valence-electron chi connectivity index (χ2n) is 4.84. The summed E-state index contributed by atoms with van der Waals surface area (Å²) < 4.78 is 1.27. The lowest BCUT2D eigenvalue weighted by Gasteiger charge is -2.08. The van der Waals surface area contributed by atoms with Gasteiger partial charge < -0.3 is 0 Å². The minimum absolute atomic E-state index is 0.328. The monoisotopic (exact) mass is 345 g/mol. The summed E-state index contributed by atoms with van der Waals surface area (Å²) in [7, 11) is 0. The van der Waals surface area contributed by atoms with Crippen LogP contribution in [0.1, 0.15) is 27.9 Å². The predicted molar refractivity (Wildman–Crippen MR) is 90.8 cm³/mol. The molecule has 1 aromatic heterocycles. The smallest absolute Gasteiger partial charge is 0.0953 e. The average molecular weight is 346 g/mol. The normalized spacial score (nSPS) is 12.7. The van der Waals surface area contributed by atoms with Gasteiger partial charge in [-0.3, -0.25) is 0 Å². The third-order valence-electron chi connectivity index (χ3n) is 3.44. The summed E-state index contributed by atoms with van der Waals surface area (Å²) in [5.74, 6) is 0. The molecule has 1 nitrogen and oxygen atoms in total. The van der Waals surface area contributed by atoms with Gasteiger partial charge in [-0.2, -0.15) is 0 Å². The summed E-state index contributed by atoms with van der Waals surface area (Å²) >= 11 is 5.58. The van der Waals surface area contributed by atoms with E-state index in [9.17, 15) is 0 Å². The molecule has 0 radical (unpaired) electrons. The molecule has 0 saturated carbocycles. The van der Waals surface area contributed by atoms with Crippen molar-refractivity contribution in [2.45, 2.75) is 24.6 Å². The standard InChI is InChI=1S/C17H16BrNS/c1-2-12-7-9-13(10-8-12)14(18)11-17-19-15-5-3-4-6-16(15)20-17/h3-10,14H,2,11H2,1H3. The van der Waals surface area contributed by atoms with Crippen LogP contribution in [0.25, 0.3) is 10.2 Å². The molecule has 0 aliphatic rings. The van der Waals surface area contributed by atoms with E-state index in [2.05, 4.69) is 65.3 Å². The number of hydrogen-bond acceptors (Lipinski definition) is 2. The van der Waals surface area contributed by atoms with E-state index in [4.69, 9.17) is 4.98 Å². The van der Waals surface area contributed by atoms with E-state index < -0.39 is 0 Å². The third-order valence-corrected chi connectivity index (χ3v) is 5.35. The lowest BCUT2D eigenvalue weighted by atomic mass is 10.1. The van der Waals surface area contributed by atoms with Crippen LogP contribution in [-0.4, -0.2) is 4.98 Å². The second kappa shape index (κ2) is 6.06. The highest BCUT2D eigenvalue weighted by atomic mass is 79.9. The van der Waals surface area contributed by atoms with Crippen LogP contribution in [0, 0.1) is 0 Å². The SMILES string of the molecule is CCc1ccc(C(Br)Cc2nc3ccccc3s2)cc1. The fourth-order valence-electron chi connectivity index (χ4n) is 2.24. The van der Waals surface area contributed by atoms with Crippen LogP contribution in [0.3, 0.4) is 0 Å². The van der Waals surface area contributed by atoms with E-state index in [0.29, 0.717) is 4.83 Å². The first kappa shape index (κ1) is 13.8. The van der Waals surface area contributed by atoms with Gasteiger partial charge in [0.15, 0.2) is 0 Å². The number of hydrogen-bond donors (Lipinski definition) is 0. The van der Waals surface area contributed by atoms with Crippen molar-refractivity contribution >= 4 is 37.5 Å². The lowest BCUT2D eigenvalue weighted by Crippen LogP contribution is -1.95. The molecule has 0 spiro atoms. The minimum atomic E-state index is 0.328. The number of halogens is 1. The molecule has 0 saturated heterocycles. The maximum absolute atomic E-state index is 4.70. The lowest BCUT2D eigenvalue weighted by molar-refractivity contribution is 0.936. The molecule has 1 atom stereocenters. The molecule has 3 rings (SSSR count). The van der Waals surface area contributed by atoms with Crippen molar-refractivity contribution in [3.8, 4) is 0 Å². The van der Waals surface area contributed by atoms with Gasteiger partial charge in [0, 0.05) is 11.2 Å². The van der Waals surface area contributed by atoms with E-state index >= 15 is 0 Å². The first-order chi connectivity index (χ1) is 9.76. The highest BCUT2D eigenvalue weighted by Crippen LogP contribution is 2.31. The number of thiazole rings is 1. The van der Waals surface area contributed by atoms with Crippen molar-refractivity contribution < 1.29 is 0 Å². The summed E-state index contributed by atoms with van der Waals surface area (Å²) in [5, 5.41) is 1.19. The Balaban J connectivity index is 1.78. The molecule has 3 heteroatoms. The topological polar surface area (TPSA) is 12.9 Å². The Labute approximate surface area is 131 Å². The van der Waals surface area contributed by atoms with Gasteiger partial charge in [0.2, 0.25) is 0 Å². The molecule has 0 N–H and O–H groups in total. The third kappa shape index (κ3) is 2.94. The molecule has 1 heterocycles. The van der Waals surface area contributed by atoms with E-state index in [0.717, 1.165) is 18.4 Å². The number of nitrogens with zero attached hydrogens (tertiary/aromatic N) is 1. The first-order valence-electron chi connectivity index (χ1n) is 6.83. The molecule has 2 aromatic carbocycles. The molecule has 0 amide bonds. The number of para-hydroxylation sites is 1. The first-order valence-corrected chi connectivity index (χ1v) is 8.57. The molecular formula is C17H16BrNS. The molecule has 0 aliphatic heterocycles. The quantitative estimate of drug-likeness (QED) is 0.566. The van der Waals surface area contributed by atoms with Gasteiger partial charge in [-0.15, -0.1) is 11.3 Å². The van der Waals surface area contributed by atoms with E-state index in [1.54, 1.807) is 11.3 Å². The Bertz CT molecular complexity index is 669. The molecule has 102 valence electrons.